The fraction of sp³-hybridized carbons (Fsp3) is 0.250. The zero-order chi connectivity index (χ0) is 11.5. The molecule has 0 bridgehead atoms. The van der Waals surface area contributed by atoms with E-state index in [2.05, 4.69) is 10.4 Å². The maximum absolute atomic E-state index is 5.58. The van der Waals surface area contributed by atoms with Crippen LogP contribution < -0.4 is 11.3 Å². The number of hydrogen-bond acceptors (Lipinski definition) is 4. The van der Waals surface area contributed by atoms with Crippen LogP contribution in [0.15, 0.2) is 35.1 Å². The Labute approximate surface area is 94.5 Å². The van der Waals surface area contributed by atoms with E-state index in [1.165, 1.54) is 0 Å². The van der Waals surface area contributed by atoms with Crippen LogP contribution in [-0.2, 0) is 0 Å². The quantitative estimate of drug-likeness (QED) is 0.608. The highest BCUT2D eigenvalue weighted by molar-refractivity contribution is 5.32. The first-order valence-electron chi connectivity index (χ1n) is 5.14. The summed E-state index contributed by atoms with van der Waals surface area (Å²) in [6, 6.07) is 5.83. The van der Waals surface area contributed by atoms with Crippen molar-refractivity contribution in [1.29, 1.82) is 0 Å². The molecule has 0 aliphatic rings. The van der Waals surface area contributed by atoms with Gasteiger partial charge in [0.15, 0.2) is 0 Å². The third kappa shape index (κ3) is 1.98. The third-order valence-corrected chi connectivity index (χ3v) is 2.62. The molecule has 0 spiro atoms. The van der Waals surface area contributed by atoms with Gasteiger partial charge in [-0.25, -0.2) is 5.43 Å². The summed E-state index contributed by atoms with van der Waals surface area (Å²) < 4.78 is 5.07. The number of furan rings is 1. The summed E-state index contributed by atoms with van der Waals surface area (Å²) in [4.78, 5) is 4.43. The number of hydrogen-bond donors (Lipinski definition) is 2. The van der Waals surface area contributed by atoms with Crippen LogP contribution >= 0.6 is 0 Å². The van der Waals surface area contributed by atoms with Gasteiger partial charge in [-0.15, -0.1) is 0 Å². The molecular weight excluding hydrogens is 202 g/mol. The lowest BCUT2D eigenvalue weighted by molar-refractivity contribution is 0.552. The molecular formula is C12H15N3O. The van der Waals surface area contributed by atoms with Crippen LogP contribution in [0, 0.1) is 13.8 Å². The van der Waals surface area contributed by atoms with E-state index >= 15 is 0 Å². The molecule has 0 saturated heterocycles. The Kier molecular flexibility index (Phi) is 3.03. The Balaban J connectivity index is 2.41. The minimum Gasteiger partial charge on any atom is -0.472 e. The van der Waals surface area contributed by atoms with E-state index < -0.39 is 0 Å². The SMILES string of the molecule is Cc1ccc(C(NN)c2ccoc2)c(C)n1. The lowest BCUT2D eigenvalue weighted by atomic mass is 10.0. The van der Waals surface area contributed by atoms with E-state index in [0.717, 1.165) is 22.5 Å². The molecule has 2 heterocycles. The Morgan fingerprint density at radius 3 is 2.69 bits per heavy atom. The number of nitrogens with one attached hydrogen (secondary N) is 1. The minimum absolute atomic E-state index is 0.0770. The molecule has 0 aliphatic carbocycles. The molecule has 1 unspecified atom stereocenters. The van der Waals surface area contributed by atoms with Crippen molar-refractivity contribution in [3.63, 3.8) is 0 Å². The second-order valence-electron chi connectivity index (χ2n) is 3.78. The molecule has 0 aliphatic heterocycles. The molecule has 0 amide bonds. The van der Waals surface area contributed by atoms with Crippen LogP contribution in [0.2, 0.25) is 0 Å². The average Bonchev–Trinajstić information content (AvgIpc) is 2.75. The van der Waals surface area contributed by atoms with Crippen molar-refractivity contribution >= 4 is 0 Å². The van der Waals surface area contributed by atoms with Crippen molar-refractivity contribution in [2.24, 2.45) is 5.84 Å². The molecule has 0 radical (unpaired) electrons. The van der Waals surface area contributed by atoms with Crippen LogP contribution in [0.4, 0.5) is 0 Å². The highest BCUT2D eigenvalue weighted by Gasteiger charge is 2.16. The van der Waals surface area contributed by atoms with Gasteiger partial charge in [0.2, 0.25) is 0 Å². The molecule has 0 aromatic carbocycles. The van der Waals surface area contributed by atoms with Crippen molar-refractivity contribution in [3.05, 3.63) is 53.2 Å². The summed E-state index contributed by atoms with van der Waals surface area (Å²) >= 11 is 0. The predicted molar refractivity (Wildman–Crippen MR) is 61.6 cm³/mol. The van der Waals surface area contributed by atoms with Gasteiger partial charge in [0.05, 0.1) is 18.6 Å². The molecule has 2 rings (SSSR count). The highest BCUT2D eigenvalue weighted by atomic mass is 16.3. The number of aromatic nitrogens is 1. The first-order valence-corrected chi connectivity index (χ1v) is 5.14. The van der Waals surface area contributed by atoms with Crippen LogP contribution in [0.25, 0.3) is 0 Å². The lowest BCUT2D eigenvalue weighted by Crippen LogP contribution is -2.29. The summed E-state index contributed by atoms with van der Waals surface area (Å²) in [5, 5.41) is 0. The van der Waals surface area contributed by atoms with Crippen molar-refractivity contribution < 1.29 is 4.42 Å². The van der Waals surface area contributed by atoms with Crippen molar-refractivity contribution in [2.75, 3.05) is 0 Å². The van der Waals surface area contributed by atoms with Crippen LogP contribution in [-0.4, -0.2) is 4.98 Å². The van der Waals surface area contributed by atoms with Gasteiger partial charge in [-0.2, -0.15) is 0 Å². The molecule has 3 N–H and O–H groups in total. The molecule has 84 valence electrons. The number of hydrazine groups is 1. The smallest absolute Gasteiger partial charge is 0.0954 e. The van der Waals surface area contributed by atoms with E-state index in [1.807, 2.05) is 32.0 Å². The molecule has 0 fully saturated rings. The normalized spacial score (nSPS) is 12.7. The molecule has 16 heavy (non-hydrogen) atoms. The Bertz CT molecular complexity index is 465. The monoisotopic (exact) mass is 217 g/mol. The standard InChI is InChI=1S/C12H15N3O/c1-8-3-4-11(9(2)14-8)12(15-13)10-5-6-16-7-10/h3-7,12,15H,13H2,1-2H3. The van der Waals surface area contributed by atoms with Gasteiger partial charge in [-0.1, -0.05) is 6.07 Å². The Morgan fingerprint density at radius 1 is 1.31 bits per heavy atom. The van der Waals surface area contributed by atoms with E-state index in [4.69, 9.17) is 10.3 Å². The average molecular weight is 217 g/mol. The molecule has 4 heteroatoms. The van der Waals surface area contributed by atoms with Gasteiger partial charge in [-0.3, -0.25) is 10.8 Å². The number of rotatable bonds is 3. The molecule has 2 aromatic rings. The zero-order valence-corrected chi connectivity index (χ0v) is 9.40. The molecule has 4 nitrogen and oxygen atoms in total. The summed E-state index contributed by atoms with van der Waals surface area (Å²) in [5.74, 6) is 5.58. The van der Waals surface area contributed by atoms with Gasteiger partial charge >= 0.3 is 0 Å². The van der Waals surface area contributed by atoms with Gasteiger partial charge in [0, 0.05) is 17.0 Å². The molecule has 1 atom stereocenters. The van der Waals surface area contributed by atoms with Crippen LogP contribution in [0.3, 0.4) is 0 Å². The zero-order valence-electron chi connectivity index (χ0n) is 9.40. The van der Waals surface area contributed by atoms with Gasteiger partial charge in [0.25, 0.3) is 0 Å². The Morgan fingerprint density at radius 2 is 2.12 bits per heavy atom. The van der Waals surface area contributed by atoms with Crippen molar-refractivity contribution in [1.82, 2.24) is 10.4 Å². The van der Waals surface area contributed by atoms with Gasteiger partial charge < -0.3 is 4.42 Å². The maximum atomic E-state index is 5.58. The number of aryl methyl sites for hydroxylation is 2. The topological polar surface area (TPSA) is 64.1 Å². The van der Waals surface area contributed by atoms with Gasteiger partial charge in [0.1, 0.15) is 0 Å². The van der Waals surface area contributed by atoms with Crippen LogP contribution in [0.1, 0.15) is 28.6 Å². The van der Waals surface area contributed by atoms with E-state index in [9.17, 15) is 0 Å². The third-order valence-electron chi connectivity index (χ3n) is 2.62. The fourth-order valence-electron chi connectivity index (χ4n) is 1.81. The van der Waals surface area contributed by atoms with Crippen molar-refractivity contribution in [3.8, 4) is 0 Å². The summed E-state index contributed by atoms with van der Waals surface area (Å²) in [5.41, 5.74) is 6.82. The Hall–Kier alpha value is -1.65. The largest absolute Gasteiger partial charge is 0.472 e. The second kappa shape index (κ2) is 4.47. The molecule has 2 aromatic heterocycles. The van der Waals surface area contributed by atoms with E-state index in [0.29, 0.717) is 0 Å². The number of nitrogens with zero attached hydrogens (tertiary/aromatic N) is 1. The summed E-state index contributed by atoms with van der Waals surface area (Å²) in [7, 11) is 0. The van der Waals surface area contributed by atoms with Crippen molar-refractivity contribution in [2.45, 2.75) is 19.9 Å². The van der Waals surface area contributed by atoms with Gasteiger partial charge in [-0.05, 0) is 31.5 Å². The molecule has 0 saturated carbocycles. The first kappa shape index (κ1) is 10.9. The van der Waals surface area contributed by atoms with E-state index in [-0.39, 0.29) is 6.04 Å². The number of pyridine rings is 1. The summed E-state index contributed by atoms with van der Waals surface area (Å²) in [6.07, 6.45) is 3.32. The minimum atomic E-state index is -0.0770. The lowest BCUT2D eigenvalue weighted by Gasteiger charge is -2.16. The summed E-state index contributed by atoms with van der Waals surface area (Å²) in [6.45, 7) is 3.95. The number of nitrogens with two attached hydrogens (primary N) is 1. The van der Waals surface area contributed by atoms with Crippen LogP contribution in [0.5, 0.6) is 0 Å². The van der Waals surface area contributed by atoms with E-state index in [1.54, 1.807) is 12.5 Å². The maximum Gasteiger partial charge on any atom is 0.0954 e. The predicted octanol–water partition coefficient (Wildman–Crippen LogP) is 1.84. The first-order chi connectivity index (χ1) is 7.72. The second-order valence-corrected chi connectivity index (χ2v) is 3.78. The highest BCUT2D eigenvalue weighted by Crippen LogP contribution is 2.23. The fourth-order valence-corrected chi connectivity index (χ4v) is 1.81.